The van der Waals surface area contributed by atoms with Gasteiger partial charge in [-0.05, 0) is 19.3 Å². The second-order valence-electron chi connectivity index (χ2n) is 7.16. The summed E-state index contributed by atoms with van der Waals surface area (Å²) in [5.41, 5.74) is 0. The van der Waals surface area contributed by atoms with Crippen LogP contribution in [-0.4, -0.2) is 12.5 Å². The van der Waals surface area contributed by atoms with Gasteiger partial charge in [0.25, 0.3) is 0 Å². The summed E-state index contributed by atoms with van der Waals surface area (Å²) in [4.78, 5) is 12.0. The van der Waals surface area contributed by atoms with E-state index < -0.39 is 0 Å². The summed E-state index contributed by atoms with van der Waals surface area (Å²) >= 11 is 0. The number of hydrogen-bond donors (Lipinski definition) is 1. The van der Waals surface area contributed by atoms with Crippen molar-refractivity contribution >= 4 is 5.91 Å². The molecule has 1 fully saturated rings. The minimum absolute atomic E-state index is 0.321. The second kappa shape index (κ2) is 14.1. The summed E-state index contributed by atoms with van der Waals surface area (Å²) in [5, 5.41) is 3.14. The van der Waals surface area contributed by atoms with Crippen molar-refractivity contribution in [1.82, 2.24) is 5.32 Å². The standard InChI is InChI=1S/C20H39NO/c1-2-3-4-5-6-7-8-9-10-11-15-18-21-20(22)19-16-13-12-14-17-19/h19H,2-18H2,1H3,(H,21,22). The average Bonchev–Trinajstić information content (AvgIpc) is 2.56. The Hall–Kier alpha value is -0.530. The van der Waals surface area contributed by atoms with Crippen LogP contribution in [0, 0.1) is 5.92 Å². The molecule has 1 aliphatic carbocycles. The van der Waals surface area contributed by atoms with Crippen molar-refractivity contribution in [1.29, 1.82) is 0 Å². The van der Waals surface area contributed by atoms with Gasteiger partial charge in [0.05, 0.1) is 0 Å². The number of carbonyl (C=O) groups is 1. The summed E-state index contributed by atoms with van der Waals surface area (Å²) in [6, 6.07) is 0. The third-order valence-corrected chi connectivity index (χ3v) is 5.06. The van der Waals surface area contributed by atoms with Crippen LogP contribution in [0.3, 0.4) is 0 Å². The lowest BCUT2D eigenvalue weighted by Crippen LogP contribution is -2.32. The van der Waals surface area contributed by atoms with Gasteiger partial charge in [-0.15, -0.1) is 0 Å². The van der Waals surface area contributed by atoms with E-state index in [0.29, 0.717) is 11.8 Å². The molecule has 1 rings (SSSR count). The zero-order valence-corrected chi connectivity index (χ0v) is 15.0. The maximum Gasteiger partial charge on any atom is 0.223 e. The van der Waals surface area contributed by atoms with E-state index in [1.54, 1.807) is 0 Å². The lowest BCUT2D eigenvalue weighted by molar-refractivity contribution is -0.125. The predicted molar refractivity (Wildman–Crippen MR) is 96.0 cm³/mol. The van der Waals surface area contributed by atoms with Crippen LogP contribution >= 0.6 is 0 Å². The Labute approximate surface area is 138 Å². The van der Waals surface area contributed by atoms with Crippen molar-refractivity contribution in [2.75, 3.05) is 6.54 Å². The monoisotopic (exact) mass is 309 g/mol. The van der Waals surface area contributed by atoms with Gasteiger partial charge in [-0.1, -0.05) is 90.4 Å². The Morgan fingerprint density at radius 3 is 1.82 bits per heavy atom. The minimum Gasteiger partial charge on any atom is -0.356 e. The van der Waals surface area contributed by atoms with Gasteiger partial charge in [-0.25, -0.2) is 0 Å². The quantitative estimate of drug-likeness (QED) is 0.416. The van der Waals surface area contributed by atoms with E-state index in [0.717, 1.165) is 25.8 Å². The molecule has 0 aromatic carbocycles. The lowest BCUT2D eigenvalue weighted by atomic mass is 9.88. The maximum atomic E-state index is 12.0. The first kappa shape index (κ1) is 19.5. The fourth-order valence-corrected chi connectivity index (χ4v) is 3.51. The Bertz CT molecular complexity index is 258. The van der Waals surface area contributed by atoms with Crippen molar-refractivity contribution in [3.63, 3.8) is 0 Å². The molecule has 22 heavy (non-hydrogen) atoms. The van der Waals surface area contributed by atoms with E-state index in [-0.39, 0.29) is 0 Å². The molecule has 0 unspecified atom stereocenters. The molecule has 0 aliphatic heterocycles. The van der Waals surface area contributed by atoms with Crippen molar-refractivity contribution in [3.8, 4) is 0 Å². The van der Waals surface area contributed by atoms with Crippen LogP contribution in [-0.2, 0) is 4.79 Å². The Kier molecular flexibility index (Phi) is 12.5. The lowest BCUT2D eigenvalue weighted by Gasteiger charge is -2.20. The van der Waals surface area contributed by atoms with Gasteiger partial charge in [-0.3, -0.25) is 4.79 Å². The fourth-order valence-electron chi connectivity index (χ4n) is 3.51. The van der Waals surface area contributed by atoms with E-state index in [2.05, 4.69) is 12.2 Å². The highest BCUT2D eigenvalue weighted by atomic mass is 16.1. The zero-order valence-electron chi connectivity index (χ0n) is 15.0. The molecule has 130 valence electrons. The summed E-state index contributed by atoms with van der Waals surface area (Å²) < 4.78 is 0. The number of rotatable bonds is 13. The smallest absolute Gasteiger partial charge is 0.223 e. The highest BCUT2D eigenvalue weighted by molar-refractivity contribution is 5.78. The molecule has 0 bridgehead atoms. The molecule has 0 spiro atoms. The van der Waals surface area contributed by atoms with Crippen molar-refractivity contribution in [2.24, 2.45) is 5.92 Å². The van der Waals surface area contributed by atoms with Gasteiger partial charge in [0.1, 0.15) is 0 Å². The molecule has 0 saturated heterocycles. The molecule has 1 N–H and O–H groups in total. The third-order valence-electron chi connectivity index (χ3n) is 5.06. The van der Waals surface area contributed by atoms with Gasteiger partial charge < -0.3 is 5.32 Å². The van der Waals surface area contributed by atoms with E-state index in [4.69, 9.17) is 0 Å². The van der Waals surface area contributed by atoms with Gasteiger partial charge in [-0.2, -0.15) is 0 Å². The molecular formula is C20H39NO. The van der Waals surface area contributed by atoms with Gasteiger partial charge in [0, 0.05) is 12.5 Å². The number of amides is 1. The molecule has 1 saturated carbocycles. The normalized spacial score (nSPS) is 15.9. The van der Waals surface area contributed by atoms with Crippen LogP contribution in [0.4, 0.5) is 0 Å². The minimum atomic E-state index is 0.321. The highest BCUT2D eigenvalue weighted by Gasteiger charge is 2.20. The summed E-state index contributed by atoms with van der Waals surface area (Å²) in [6.45, 7) is 3.17. The molecule has 2 nitrogen and oxygen atoms in total. The topological polar surface area (TPSA) is 29.1 Å². The van der Waals surface area contributed by atoms with Gasteiger partial charge in [0.15, 0.2) is 0 Å². The summed E-state index contributed by atoms with van der Waals surface area (Å²) in [5.74, 6) is 0.647. The Morgan fingerprint density at radius 2 is 1.27 bits per heavy atom. The number of carbonyl (C=O) groups excluding carboxylic acids is 1. The molecule has 0 aromatic heterocycles. The first-order valence-electron chi connectivity index (χ1n) is 10.1. The van der Waals surface area contributed by atoms with Gasteiger partial charge in [0.2, 0.25) is 5.91 Å². The summed E-state index contributed by atoms with van der Waals surface area (Å²) in [6.07, 6.45) is 21.1. The maximum absolute atomic E-state index is 12.0. The Morgan fingerprint density at radius 1 is 0.773 bits per heavy atom. The Balaban J connectivity index is 1.78. The van der Waals surface area contributed by atoms with Crippen molar-refractivity contribution < 1.29 is 4.79 Å². The first-order valence-corrected chi connectivity index (χ1v) is 10.1. The van der Waals surface area contributed by atoms with Crippen LogP contribution in [0.25, 0.3) is 0 Å². The van der Waals surface area contributed by atoms with E-state index in [9.17, 15) is 4.79 Å². The van der Waals surface area contributed by atoms with Crippen LogP contribution in [0.2, 0.25) is 0 Å². The van der Waals surface area contributed by atoms with Crippen molar-refractivity contribution in [2.45, 2.75) is 110 Å². The van der Waals surface area contributed by atoms with Crippen LogP contribution < -0.4 is 5.32 Å². The fraction of sp³-hybridized carbons (Fsp3) is 0.950. The van der Waals surface area contributed by atoms with E-state index >= 15 is 0 Å². The van der Waals surface area contributed by atoms with Gasteiger partial charge >= 0.3 is 0 Å². The van der Waals surface area contributed by atoms with E-state index in [1.165, 1.54) is 83.5 Å². The number of nitrogens with one attached hydrogen (secondary N) is 1. The molecule has 2 heteroatoms. The third kappa shape index (κ3) is 10.2. The molecule has 0 atom stereocenters. The van der Waals surface area contributed by atoms with Crippen LogP contribution in [0.5, 0.6) is 0 Å². The van der Waals surface area contributed by atoms with Crippen LogP contribution in [0.1, 0.15) is 110 Å². The largest absolute Gasteiger partial charge is 0.356 e. The molecule has 1 amide bonds. The highest BCUT2D eigenvalue weighted by Crippen LogP contribution is 2.23. The van der Waals surface area contributed by atoms with Crippen molar-refractivity contribution in [3.05, 3.63) is 0 Å². The zero-order chi connectivity index (χ0) is 15.9. The first-order chi connectivity index (χ1) is 10.8. The molecule has 1 aliphatic rings. The van der Waals surface area contributed by atoms with E-state index in [1.807, 2.05) is 0 Å². The predicted octanol–water partition coefficient (Wildman–Crippen LogP) is 5.99. The average molecular weight is 310 g/mol. The molecule has 0 heterocycles. The molecular weight excluding hydrogens is 270 g/mol. The molecule has 0 aromatic rings. The second-order valence-corrected chi connectivity index (χ2v) is 7.16. The number of unbranched alkanes of at least 4 members (excludes halogenated alkanes) is 10. The summed E-state index contributed by atoms with van der Waals surface area (Å²) in [7, 11) is 0. The number of hydrogen-bond acceptors (Lipinski definition) is 1. The van der Waals surface area contributed by atoms with Crippen LogP contribution in [0.15, 0.2) is 0 Å². The SMILES string of the molecule is CCCCCCCCCCCCCNC(=O)C1CCCCC1. The molecule has 0 radical (unpaired) electrons.